The standard InChI is InChI=1S/C20H17FN2O4S/c1-4-9-23-15-10-16(25-2)17(26-3)11-18(15)28-20(23)22-19(24)12-27-14-7-5-13(21)6-8-14/h1,5-8,10-11H,9,12H2,2-3H3. The molecule has 0 aliphatic heterocycles. The Balaban J connectivity index is 1.93. The molecule has 1 aromatic heterocycles. The van der Waals surface area contributed by atoms with Gasteiger partial charge in [0.05, 0.1) is 31.0 Å². The predicted molar refractivity (Wildman–Crippen MR) is 104 cm³/mol. The van der Waals surface area contributed by atoms with Gasteiger partial charge in [0.25, 0.3) is 5.91 Å². The summed E-state index contributed by atoms with van der Waals surface area (Å²) >= 11 is 1.30. The molecule has 0 aliphatic rings. The van der Waals surface area contributed by atoms with Crippen LogP contribution in [-0.2, 0) is 11.3 Å². The van der Waals surface area contributed by atoms with Crippen LogP contribution >= 0.6 is 11.3 Å². The minimum absolute atomic E-state index is 0.237. The van der Waals surface area contributed by atoms with Gasteiger partial charge in [0.2, 0.25) is 0 Å². The topological polar surface area (TPSA) is 62.1 Å². The van der Waals surface area contributed by atoms with Crippen LogP contribution in [0.3, 0.4) is 0 Å². The Kier molecular flexibility index (Phi) is 5.96. The van der Waals surface area contributed by atoms with Gasteiger partial charge in [0.1, 0.15) is 11.6 Å². The monoisotopic (exact) mass is 400 g/mol. The molecule has 2 aromatic carbocycles. The second-order valence-electron chi connectivity index (χ2n) is 5.60. The molecule has 0 saturated carbocycles. The first-order chi connectivity index (χ1) is 13.5. The maximum atomic E-state index is 12.9. The summed E-state index contributed by atoms with van der Waals surface area (Å²) in [6.07, 6.45) is 5.48. The summed E-state index contributed by atoms with van der Waals surface area (Å²) in [5.41, 5.74) is 0.784. The van der Waals surface area contributed by atoms with Crippen molar-refractivity contribution in [3.05, 3.63) is 47.0 Å². The Hall–Kier alpha value is -3.31. The van der Waals surface area contributed by atoms with E-state index >= 15 is 0 Å². The molecule has 3 aromatic rings. The lowest BCUT2D eigenvalue weighted by atomic mass is 10.3. The Bertz CT molecular complexity index is 1110. The van der Waals surface area contributed by atoms with Crippen LogP contribution in [0.2, 0.25) is 0 Å². The van der Waals surface area contributed by atoms with Crippen molar-refractivity contribution >= 4 is 27.5 Å². The fourth-order valence-electron chi connectivity index (χ4n) is 2.54. The fraction of sp³-hybridized carbons (Fsp3) is 0.200. The minimum atomic E-state index is -0.486. The molecule has 144 valence electrons. The first kappa shape index (κ1) is 19.5. The van der Waals surface area contributed by atoms with Crippen molar-refractivity contribution in [2.45, 2.75) is 6.54 Å². The minimum Gasteiger partial charge on any atom is -0.493 e. The molecule has 0 N–H and O–H groups in total. The number of hydrogen-bond donors (Lipinski definition) is 0. The van der Waals surface area contributed by atoms with Crippen LogP contribution in [0.5, 0.6) is 17.2 Å². The highest BCUT2D eigenvalue weighted by atomic mass is 32.1. The summed E-state index contributed by atoms with van der Waals surface area (Å²) in [7, 11) is 3.09. The number of carbonyl (C=O) groups is 1. The molecule has 0 unspecified atom stereocenters. The van der Waals surface area contributed by atoms with E-state index < -0.39 is 5.91 Å². The van der Waals surface area contributed by atoms with Crippen LogP contribution in [0.1, 0.15) is 0 Å². The van der Waals surface area contributed by atoms with Crippen molar-refractivity contribution in [3.63, 3.8) is 0 Å². The molecular weight excluding hydrogens is 383 g/mol. The number of hydrogen-bond acceptors (Lipinski definition) is 5. The number of thiazole rings is 1. The maximum absolute atomic E-state index is 12.9. The number of nitrogens with zero attached hydrogens (tertiary/aromatic N) is 2. The number of fused-ring (bicyclic) bond motifs is 1. The zero-order valence-electron chi connectivity index (χ0n) is 15.3. The van der Waals surface area contributed by atoms with E-state index in [2.05, 4.69) is 10.9 Å². The van der Waals surface area contributed by atoms with E-state index in [9.17, 15) is 9.18 Å². The van der Waals surface area contributed by atoms with E-state index in [1.807, 2.05) is 6.07 Å². The van der Waals surface area contributed by atoms with Crippen molar-refractivity contribution < 1.29 is 23.4 Å². The van der Waals surface area contributed by atoms with Crippen LogP contribution in [0, 0.1) is 18.2 Å². The molecule has 0 aliphatic carbocycles. The van der Waals surface area contributed by atoms with Gasteiger partial charge in [0, 0.05) is 12.1 Å². The first-order valence-electron chi connectivity index (χ1n) is 8.20. The lowest BCUT2D eigenvalue weighted by molar-refractivity contribution is -0.120. The largest absolute Gasteiger partial charge is 0.493 e. The molecule has 0 spiro atoms. The summed E-state index contributed by atoms with van der Waals surface area (Å²) in [4.78, 5) is 16.8. The van der Waals surface area contributed by atoms with E-state index in [-0.39, 0.29) is 19.0 Å². The smallest absolute Gasteiger partial charge is 0.286 e. The van der Waals surface area contributed by atoms with Gasteiger partial charge in [-0.2, -0.15) is 4.99 Å². The normalized spacial score (nSPS) is 11.3. The number of terminal acetylenes is 1. The number of methoxy groups -OCH3 is 2. The van der Waals surface area contributed by atoms with Gasteiger partial charge in [0.15, 0.2) is 22.9 Å². The predicted octanol–water partition coefficient (Wildman–Crippen LogP) is 3.00. The number of benzene rings is 2. The highest BCUT2D eigenvalue weighted by Crippen LogP contribution is 2.33. The Morgan fingerprint density at radius 1 is 1.21 bits per heavy atom. The molecule has 1 heterocycles. The third kappa shape index (κ3) is 4.15. The Morgan fingerprint density at radius 3 is 2.54 bits per heavy atom. The summed E-state index contributed by atoms with van der Waals surface area (Å²) in [6, 6.07) is 9.00. The third-order valence-electron chi connectivity index (χ3n) is 3.83. The zero-order valence-corrected chi connectivity index (χ0v) is 16.1. The molecule has 0 atom stereocenters. The summed E-state index contributed by atoms with van der Waals surface area (Å²) in [5, 5.41) is 0. The number of rotatable bonds is 6. The van der Waals surface area contributed by atoms with Gasteiger partial charge in [-0.15, -0.1) is 6.42 Å². The van der Waals surface area contributed by atoms with Crippen molar-refractivity contribution in [3.8, 4) is 29.6 Å². The van der Waals surface area contributed by atoms with Gasteiger partial charge in [-0.25, -0.2) is 4.39 Å². The Labute approximate surface area is 164 Å². The van der Waals surface area contributed by atoms with Gasteiger partial charge < -0.3 is 18.8 Å². The molecule has 0 fully saturated rings. The highest BCUT2D eigenvalue weighted by molar-refractivity contribution is 7.16. The summed E-state index contributed by atoms with van der Waals surface area (Å²) in [6.45, 7) is -0.0387. The molecule has 1 amide bonds. The zero-order chi connectivity index (χ0) is 20.1. The van der Waals surface area contributed by atoms with E-state index in [1.165, 1.54) is 35.6 Å². The highest BCUT2D eigenvalue weighted by Gasteiger charge is 2.13. The van der Waals surface area contributed by atoms with Gasteiger partial charge in [-0.05, 0) is 24.3 Å². The van der Waals surface area contributed by atoms with Gasteiger partial charge in [-0.1, -0.05) is 17.3 Å². The van der Waals surface area contributed by atoms with Crippen molar-refractivity contribution in [2.24, 2.45) is 4.99 Å². The average Bonchev–Trinajstić information content (AvgIpc) is 3.02. The van der Waals surface area contributed by atoms with Crippen LogP contribution < -0.4 is 19.0 Å². The second kappa shape index (κ2) is 8.59. The second-order valence-corrected chi connectivity index (χ2v) is 6.61. The van der Waals surface area contributed by atoms with E-state index in [1.54, 1.807) is 24.9 Å². The lowest BCUT2D eigenvalue weighted by Gasteiger charge is -2.08. The van der Waals surface area contributed by atoms with Gasteiger partial charge >= 0.3 is 0 Å². The Morgan fingerprint density at radius 2 is 1.89 bits per heavy atom. The SMILES string of the molecule is C#CCn1c(=NC(=O)COc2ccc(F)cc2)sc2cc(OC)c(OC)cc21. The molecule has 6 nitrogen and oxygen atoms in total. The molecule has 3 rings (SSSR count). The molecule has 28 heavy (non-hydrogen) atoms. The quantitative estimate of drug-likeness (QED) is 0.597. The molecular formula is C20H17FN2O4S. The summed E-state index contributed by atoms with van der Waals surface area (Å²) < 4.78 is 31.5. The molecule has 8 heteroatoms. The van der Waals surface area contributed by atoms with E-state index in [0.29, 0.717) is 22.0 Å². The maximum Gasteiger partial charge on any atom is 0.286 e. The van der Waals surface area contributed by atoms with E-state index in [0.717, 1.165) is 10.2 Å². The average molecular weight is 400 g/mol. The lowest BCUT2D eigenvalue weighted by Crippen LogP contribution is -2.19. The van der Waals surface area contributed by atoms with Crippen LogP contribution in [0.25, 0.3) is 10.2 Å². The number of halogens is 1. The molecule has 0 radical (unpaired) electrons. The van der Waals surface area contributed by atoms with Crippen LogP contribution in [-0.4, -0.2) is 31.3 Å². The summed E-state index contributed by atoms with van der Waals surface area (Å²) in [5.74, 6) is 3.20. The van der Waals surface area contributed by atoms with Crippen molar-refractivity contribution in [2.75, 3.05) is 20.8 Å². The first-order valence-corrected chi connectivity index (χ1v) is 9.02. The van der Waals surface area contributed by atoms with Crippen LogP contribution in [0.15, 0.2) is 41.4 Å². The number of aromatic nitrogens is 1. The van der Waals surface area contributed by atoms with Crippen LogP contribution in [0.4, 0.5) is 4.39 Å². The number of amides is 1. The van der Waals surface area contributed by atoms with Gasteiger partial charge in [-0.3, -0.25) is 4.79 Å². The van der Waals surface area contributed by atoms with Crippen molar-refractivity contribution in [1.29, 1.82) is 0 Å². The fourth-order valence-corrected chi connectivity index (χ4v) is 3.60. The van der Waals surface area contributed by atoms with E-state index in [4.69, 9.17) is 20.6 Å². The molecule has 0 saturated heterocycles. The molecule has 0 bridgehead atoms. The number of carbonyl (C=O) groups excluding carboxylic acids is 1. The van der Waals surface area contributed by atoms with Crippen molar-refractivity contribution in [1.82, 2.24) is 4.57 Å². The third-order valence-corrected chi connectivity index (χ3v) is 4.87. The number of ether oxygens (including phenoxy) is 3.